The number of nitrogens with one attached hydrogen (secondary N) is 1. The number of fused-ring (bicyclic) bond motifs is 1. The van der Waals surface area contributed by atoms with E-state index in [0.29, 0.717) is 0 Å². The zero-order chi connectivity index (χ0) is 18.9. The molecule has 140 valence electrons. The fraction of sp³-hybridized carbons (Fsp3) is 0.278. The minimum Gasteiger partial charge on any atom is -0.268 e. The number of rotatable bonds is 6. The first-order chi connectivity index (χ1) is 13.0. The second-order valence-corrected chi connectivity index (χ2v) is 8.14. The van der Waals surface area contributed by atoms with Crippen LogP contribution in [-0.4, -0.2) is 34.5 Å². The van der Waals surface area contributed by atoms with Crippen molar-refractivity contribution >= 4 is 10.0 Å². The molecule has 0 radical (unpaired) electrons. The number of hydrogen-bond donors (Lipinski definition) is 1. The molecule has 9 heteroatoms. The third-order valence-electron chi connectivity index (χ3n) is 4.56. The minimum atomic E-state index is -3.66. The molecule has 2 heterocycles. The summed E-state index contributed by atoms with van der Waals surface area (Å²) in [5, 5.41) is 8.45. The Morgan fingerprint density at radius 3 is 2.70 bits per heavy atom. The predicted octanol–water partition coefficient (Wildman–Crippen LogP) is 0.896. The van der Waals surface area contributed by atoms with Crippen molar-refractivity contribution in [2.24, 2.45) is 0 Å². The van der Waals surface area contributed by atoms with Gasteiger partial charge in [0.25, 0.3) is 5.56 Å². The number of hydrogen-bond acceptors (Lipinski definition) is 5. The summed E-state index contributed by atoms with van der Waals surface area (Å²) in [6, 6.07) is 9.83. The molecular weight excluding hydrogens is 366 g/mol. The van der Waals surface area contributed by atoms with E-state index in [1.165, 1.54) is 16.8 Å². The molecular formula is C18H19N5O3S. The first-order valence-electron chi connectivity index (χ1n) is 8.73. The highest BCUT2D eigenvalue weighted by atomic mass is 32.2. The fourth-order valence-corrected chi connectivity index (χ4v) is 4.19. The number of sulfonamides is 1. The van der Waals surface area contributed by atoms with Crippen LogP contribution in [0.2, 0.25) is 0 Å². The van der Waals surface area contributed by atoms with Gasteiger partial charge >= 0.3 is 0 Å². The second kappa shape index (κ2) is 7.09. The number of nitrogens with zero attached hydrogens (tertiary/aromatic N) is 4. The maximum absolute atomic E-state index is 12.5. The van der Waals surface area contributed by atoms with Crippen LogP contribution in [0, 0.1) is 0 Å². The van der Waals surface area contributed by atoms with Gasteiger partial charge in [-0.1, -0.05) is 0 Å². The topological polar surface area (TPSA) is 98.9 Å². The summed E-state index contributed by atoms with van der Waals surface area (Å²) in [7, 11) is -3.66. The SMILES string of the molecule is O=c1cc2c(nn1CCNS(=O)(=O)c1ccc(-n3cccn3)cc1)CCC2. The molecule has 0 saturated heterocycles. The fourth-order valence-electron chi connectivity index (χ4n) is 3.17. The van der Waals surface area contributed by atoms with Crippen molar-refractivity contribution in [3.05, 3.63) is 70.4 Å². The van der Waals surface area contributed by atoms with E-state index in [1.807, 2.05) is 0 Å². The van der Waals surface area contributed by atoms with Crippen molar-refractivity contribution in [2.75, 3.05) is 6.54 Å². The van der Waals surface area contributed by atoms with Crippen molar-refractivity contribution in [1.82, 2.24) is 24.3 Å². The van der Waals surface area contributed by atoms with Crippen LogP contribution < -0.4 is 10.3 Å². The van der Waals surface area contributed by atoms with Crippen LogP contribution in [0.3, 0.4) is 0 Å². The van der Waals surface area contributed by atoms with Gasteiger partial charge in [0.2, 0.25) is 10.0 Å². The van der Waals surface area contributed by atoms with Gasteiger partial charge in [0, 0.05) is 25.0 Å². The Labute approximate surface area is 156 Å². The van der Waals surface area contributed by atoms with E-state index in [9.17, 15) is 13.2 Å². The largest absolute Gasteiger partial charge is 0.268 e. The summed E-state index contributed by atoms with van der Waals surface area (Å²) in [6.45, 7) is 0.283. The van der Waals surface area contributed by atoms with Crippen LogP contribution in [0.1, 0.15) is 17.7 Å². The molecule has 27 heavy (non-hydrogen) atoms. The molecule has 0 saturated carbocycles. The quantitative estimate of drug-likeness (QED) is 0.680. The van der Waals surface area contributed by atoms with E-state index in [0.717, 1.165) is 36.2 Å². The Morgan fingerprint density at radius 2 is 1.96 bits per heavy atom. The van der Waals surface area contributed by atoms with Crippen LogP contribution >= 0.6 is 0 Å². The summed E-state index contributed by atoms with van der Waals surface area (Å²) in [6.07, 6.45) is 6.20. The highest BCUT2D eigenvalue weighted by Gasteiger charge is 2.16. The van der Waals surface area contributed by atoms with Gasteiger partial charge in [-0.15, -0.1) is 0 Å². The summed E-state index contributed by atoms with van der Waals surface area (Å²) >= 11 is 0. The standard InChI is InChI=1S/C18H19N5O3S/c24-18-13-14-3-1-4-17(14)21-23(18)12-10-20-27(25,26)16-7-5-15(6-8-16)22-11-2-9-19-22/h2,5-9,11,13,20H,1,3-4,10,12H2. The van der Waals surface area contributed by atoms with E-state index in [-0.39, 0.29) is 23.5 Å². The van der Waals surface area contributed by atoms with E-state index in [2.05, 4.69) is 14.9 Å². The lowest BCUT2D eigenvalue weighted by Gasteiger charge is -2.10. The van der Waals surface area contributed by atoms with Crippen LogP contribution in [0.25, 0.3) is 5.69 Å². The van der Waals surface area contributed by atoms with Gasteiger partial charge in [0.1, 0.15) is 0 Å². The summed E-state index contributed by atoms with van der Waals surface area (Å²) in [5.41, 5.74) is 2.52. The van der Waals surface area contributed by atoms with Gasteiger partial charge < -0.3 is 0 Å². The van der Waals surface area contributed by atoms with Gasteiger partial charge in [-0.05, 0) is 55.2 Å². The molecule has 8 nitrogen and oxygen atoms in total. The Hall–Kier alpha value is -2.78. The molecule has 0 aliphatic heterocycles. The molecule has 3 aromatic rings. The molecule has 0 atom stereocenters. The molecule has 1 aliphatic carbocycles. The average Bonchev–Trinajstić information content (AvgIpc) is 3.33. The summed E-state index contributed by atoms with van der Waals surface area (Å²) < 4.78 is 30.4. The lowest BCUT2D eigenvalue weighted by molar-refractivity contribution is 0.541. The van der Waals surface area contributed by atoms with Crippen molar-refractivity contribution in [2.45, 2.75) is 30.7 Å². The van der Waals surface area contributed by atoms with E-state index in [1.54, 1.807) is 41.3 Å². The molecule has 0 spiro atoms. The minimum absolute atomic E-state index is 0.0922. The molecule has 1 aliphatic rings. The molecule has 1 aromatic carbocycles. The first kappa shape index (κ1) is 17.6. The molecule has 2 aromatic heterocycles. The number of aromatic nitrogens is 4. The first-order valence-corrected chi connectivity index (χ1v) is 10.2. The molecule has 0 amide bonds. The summed E-state index contributed by atoms with van der Waals surface area (Å²) in [5.74, 6) is 0. The van der Waals surface area contributed by atoms with E-state index >= 15 is 0 Å². The molecule has 4 rings (SSSR count). The van der Waals surface area contributed by atoms with Gasteiger partial charge in [-0.2, -0.15) is 10.2 Å². The van der Waals surface area contributed by atoms with Crippen LogP contribution in [0.5, 0.6) is 0 Å². The zero-order valence-electron chi connectivity index (χ0n) is 14.6. The van der Waals surface area contributed by atoms with Crippen molar-refractivity contribution in [3.63, 3.8) is 0 Å². The van der Waals surface area contributed by atoms with Crippen molar-refractivity contribution in [1.29, 1.82) is 0 Å². The van der Waals surface area contributed by atoms with E-state index in [4.69, 9.17) is 0 Å². The molecule has 0 unspecified atom stereocenters. The normalized spacial score (nSPS) is 13.6. The molecule has 0 bridgehead atoms. The maximum Gasteiger partial charge on any atom is 0.267 e. The second-order valence-electron chi connectivity index (χ2n) is 6.37. The third-order valence-corrected chi connectivity index (χ3v) is 6.03. The smallest absolute Gasteiger partial charge is 0.267 e. The Bertz CT molecular complexity index is 1100. The monoisotopic (exact) mass is 385 g/mol. The Morgan fingerprint density at radius 1 is 1.15 bits per heavy atom. The highest BCUT2D eigenvalue weighted by Crippen LogP contribution is 2.17. The summed E-state index contributed by atoms with van der Waals surface area (Å²) in [4.78, 5) is 12.2. The van der Waals surface area contributed by atoms with E-state index < -0.39 is 10.0 Å². The van der Waals surface area contributed by atoms with Crippen LogP contribution in [0.15, 0.2) is 58.5 Å². The molecule has 0 fully saturated rings. The van der Waals surface area contributed by atoms with Crippen LogP contribution in [0.4, 0.5) is 0 Å². The predicted molar refractivity (Wildman–Crippen MR) is 99.3 cm³/mol. The molecule has 1 N–H and O–H groups in total. The lowest BCUT2D eigenvalue weighted by Crippen LogP contribution is -2.32. The lowest BCUT2D eigenvalue weighted by atomic mass is 10.2. The highest BCUT2D eigenvalue weighted by molar-refractivity contribution is 7.89. The zero-order valence-corrected chi connectivity index (χ0v) is 15.4. The van der Waals surface area contributed by atoms with Crippen molar-refractivity contribution < 1.29 is 8.42 Å². The Balaban J connectivity index is 1.42. The van der Waals surface area contributed by atoms with Crippen molar-refractivity contribution in [3.8, 4) is 5.69 Å². The third kappa shape index (κ3) is 3.69. The van der Waals surface area contributed by atoms with Crippen LogP contribution in [-0.2, 0) is 29.4 Å². The Kier molecular flexibility index (Phi) is 4.63. The van der Waals surface area contributed by atoms with Gasteiger partial charge in [0.05, 0.1) is 22.8 Å². The number of benzene rings is 1. The van der Waals surface area contributed by atoms with Gasteiger partial charge in [0.15, 0.2) is 0 Å². The number of aryl methyl sites for hydroxylation is 2. The van der Waals surface area contributed by atoms with Gasteiger partial charge in [-0.3, -0.25) is 4.79 Å². The maximum atomic E-state index is 12.5. The van der Waals surface area contributed by atoms with Gasteiger partial charge in [-0.25, -0.2) is 22.5 Å². The average molecular weight is 385 g/mol.